The maximum Gasteiger partial charge on any atom is 0.262 e. The number of carbonyl (C=O) groups is 1. The fourth-order valence-electron chi connectivity index (χ4n) is 2.22. The van der Waals surface area contributed by atoms with Crippen molar-refractivity contribution >= 4 is 45.0 Å². The van der Waals surface area contributed by atoms with Crippen LogP contribution in [-0.2, 0) is 14.8 Å². The Bertz CT molecular complexity index is 1080. The Morgan fingerprint density at radius 2 is 1.85 bits per heavy atom. The Morgan fingerprint density at radius 1 is 1.04 bits per heavy atom. The molecule has 2 N–H and O–H groups in total. The van der Waals surface area contributed by atoms with Gasteiger partial charge in [-0.15, -0.1) is 0 Å². The van der Waals surface area contributed by atoms with Gasteiger partial charge in [-0.1, -0.05) is 29.8 Å². The van der Waals surface area contributed by atoms with Crippen LogP contribution in [0, 0.1) is 0 Å². The highest BCUT2D eigenvalue weighted by Gasteiger charge is 2.16. The lowest BCUT2D eigenvalue weighted by molar-refractivity contribution is -0.111. The Balaban J connectivity index is 1.74. The molecule has 0 bridgehead atoms. The molecule has 1 amide bonds. The van der Waals surface area contributed by atoms with Gasteiger partial charge in [0.1, 0.15) is 5.76 Å². The number of nitrogens with one attached hydrogen (secondary N) is 2. The number of furan rings is 1. The maximum absolute atomic E-state index is 12.6. The molecule has 2 aromatic carbocycles. The van der Waals surface area contributed by atoms with Crippen molar-refractivity contribution in [2.24, 2.45) is 0 Å². The van der Waals surface area contributed by atoms with E-state index in [-0.39, 0.29) is 15.6 Å². The minimum atomic E-state index is -3.86. The first kappa shape index (κ1) is 18.8. The van der Waals surface area contributed by atoms with Crippen LogP contribution in [0.5, 0.6) is 0 Å². The number of amides is 1. The molecule has 0 aliphatic carbocycles. The largest absolute Gasteiger partial charge is 0.465 e. The molecule has 3 aromatic rings. The molecule has 138 valence electrons. The summed E-state index contributed by atoms with van der Waals surface area (Å²) in [6.07, 6.45) is 4.30. The maximum atomic E-state index is 12.6. The fourth-order valence-corrected chi connectivity index (χ4v) is 3.58. The molecule has 0 saturated carbocycles. The topological polar surface area (TPSA) is 88.4 Å². The molecule has 0 fully saturated rings. The Labute approximate surface area is 161 Å². The van der Waals surface area contributed by atoms with Gasteiger partial charge >= 0.3 is 0 Å². The van der Waals surface area contributed by atoms with E-state index in [0.29, 0.717) is 11.4 Å². The Hall–Kier alpha value is -3.03. The van der Waals surface area contributed by atoms with Crippen molar-refractivity contribution < 1.29 is 17.6 Å². The van der Waals surface area contributed by atoms with Gasteiger partial charge in [0.05, 0.1) is 21.9 Å². The second-order valence-electron chi connectivity index (χ2n) is 5.45. The van der Waals surface area contributed by atoms with Gasteiger partial charge < -0.3 is 9.73 Å². The molecular formula is C19H15ClN2O4S. The quantitative estimate of drug-likeness (QED) is 0.598. The van der Waals surface area contributed by atoms with E-state index in [1.165, 1.54) is 36.6 Å². The van der Waals surface area contributed by atoms with E-state index in [2.05, 4.69) is 10.0 Å². The molecule has 1 aromatic heterocycles. The van der Waals surface area contributed by atoms with Crippen LogP contribution in [0.3, 0.4) is 0 Å². The van der Waals surface area contributed by atoms with Crippen LogP contribution in [0.1, 0.15) is 5.76 Å². The summed E-state index contributed by atoms with van der Waals surface area (Å²) in [5.41, 5.74) is 0.612. The van der Waals surface area contributed by atoms with Crippen LogP contribution in [0.4, 0.5) is 11.4 Å². The molecule has 0 saturated heterocycles. The molecule has 3 rings (SSSR count). The highest BCUT2D eigenvalue weighted by Crippen LogP contribution is 2.25. The highest BCUT2D eigenvalue weighted by atomic mass is 35.5. The van der Waals surface area contributed by atoms with Gasteiger partial charge in [-0.25, -0.2) is 8.42 Å². The zero-order valence-corrected chi connectivity index (χ0v) is 15.5. The first-order valence-corrected chi connectivity index (χ1v) is 9.70. The van der Waals surface area contributed by atoms with E-state index in [9.17, 15) is 13.2 Å². The Morgan fingerprint density at radius 3 is 2.59 bits per heavy atom. The third kappa shape index (κ3) is 4.99. The summed E-state index contributed by atoms with van der Waals surface area (Å²) < 4.78 is 32.7. The number of rotatable bonds is 6. The van der Waals surface area contributed by atoms with Crippen molar-refractivity contribution in [3.05, 3.63) is 83.8 Å². The summed E-state index contributed by atoms with van der Waals surface area (Å²) in [5.74, 6) is 0.116. The van der Waals surface area contributed by atoms with Gasteiger partial charge in [0, 0.05) is 11.8 Å². The van der Waals surface area contributed by atoms with E-state index < -0.39 is 15.9 Å². The molecule has 0 aliphatic heterocycles. The van der Waals surface area contributed by atoms with Gasteiger partial charge in [0.25, 0.3) is 10.0 Å². The van der Waals surface area contributed by atoms with E-state index in [4.69, 9.17) is 16.0 Å². The molecule has 0 atom stereocenters. The van der Waals surface area contributed by atoms with E-state index in [0.717, 1.165) is 0 Å². The van der Waals surface area contributed by atoms with Gasteiger partial charge in [0.15, 0.2) is 0 Å². The monoisotopic (exact) mass is 402 g/mol. The van der Waals surface area contributed by atoms with E-state index in [1.807, 2.05) is 0 Å². The molecule has 0 unspecified atom stereocenters. The van der Waals surface area contributed by atoms with Gasteiger partial charge in [0.2, 0.25) is 5.91 Å². The lowest BCUT2D eigenvalue weighted by Gasteiger charge is -2.10. The summed E-state index contributed by atoms with van der Waals surface area (Å²) >= 11 is 6.00. The second kappa shape index (κ2) is 8.11. The standard InChI is InChI=1S/C19H15ClN2O4S/c20-17-8-1-2-9-18(17)22-27(24,25)16-7-3-5-14(13-16)21-19(23)11-10-15-6-4-12-26-15/h1-13,22H,(H,21,23)/b11-10+. The lowest BCUT2D eigenvalue weighted by Crippen LogP contribution is -2.14. The zero-order valence-electron chi connectivity index (χ0n) is 13.9. The molecule has 27 heavy (non-hydrogen) atoms. The first-order valence-electron chi connectivity index (χ1n) is 7.84. The van der Waals surface area contributed by atoms with Crippen LogP contribution >= 0.6 is 11.6 Å². The van der Waals surface area contributed by atoms with Gasteiger partial charge in [-0.05, 0) is 48.5 Å². The van der Waals surface area contributed by atoms with Crippen LogP contribution in [-0.4, -0.2) is 14.3 Å². The zero-order chi connectivity index (χ0) is 19.3. The van der Waals surface area contributed by atoms with Crippen molar-refractivity contribution in [1.29, 1.82) is 0 Å². The minimum absolute atomic E-state index is 0.00441. The average Bonchev–Trinajstić information content (AvgIpc) is 3.16. The summed E-state index contributed by atoms with van der Waals surface area (Å²) in [7, 11) is -3.86. The molecular weight excluding hydrogens is 388 g/mol. The number of anilines is 2. The third-order valence-electron chi connectivity index (χ3n) is 3.47. The van der Waals surface area contributed by atoms with Crippen molar-refractivity contribution in [3.63, 3.8) is 0 Å². The molecule has 0 aliphatic rings. The first-order chi connectivity index (χ1) is 12.9. The Kier molecular flexibility index (Phi) is 5.63. The van der Waals surface area contributed by atoms with Crippen LogP contribution < -0.4 is 10.0 Å². The van der Waals surface area contributed by atoms with Crippen molar-refractivity contribution in [2.45, 2.75) is 4.90 Å². The van der Waals surface area contributed by atoms with Crippen LogP contribution in [0.2, 0.25) is 5.02 Å². The summed E-state index contributed by atoms with van der Waals surface area (Å²) in [5, 5.41) is 2.89. The summed E-state index contributed by atoms with van der Waals surface area (Å²) in [6, 6.07) is 15.8. The number of para-hydroxylation sites is 1. The normalized spacial score (nSPS) is 11.4. The third-order valence-corrected chi connectivity index (χ3v) is 5.16. The SMILES string of the molecule is O=C(/C=C/c1ccco1)Nc1cccc(S(=O)(=O)Nc2ccccc2Cl)c1. The summed E-state index contributed by atoms with van der Waals surface area (Å²) in [4.78, 5) is 12.0. The molecule has 0 radical (unpaired) electrons. The van der Waals surface area contributed by atoms with E-state index >= 15 is 0 Å². The number of halogens is 1. The second-order valence-corrected chi connectivity index (χ2v) is 7.54. The predicted octanol–water partition coefficient (Wildman–Crippen LogP) is 4.39. The number of carbonyl (C=O) groups excluding carboxylic acids is 1. The highest BCUT2D eigenvalue weighted by molar-refractivity contribution is 7.92. The van der Waals surface area contributed by atoms with Gasteiger partial charge in [-0.3, -0.25) is 9.52 Å². The lowest BCUT2D eigenvalue weighted by atomic mass is 10.3. The summed E-state index contributed by atoms with van der Waals surface area (Å²) in [6.45, 7) is 0. The van der Waals surface area contributed by atoms with Gasteiger partial charge in [-0.2, -0.15) is 0 Å². The average molecular weight is 403 g/mol. The minimum Gasteiger partial charge on any atom is -0.465 e. The van der Waals surface area contributed by atoms with Crippen molar-refractivity contribution in [2.75, 3.05) is 10.0 Å². The fraction of sp³-hybridized carbons (Fsp3) is 0. The predicted molar refractivity (Wildman–Crippen MR) is 105 cm³/mol. The van der Waals surface area contributed by atoms with Crippen molar-refractivity contribution in [3.8, 4) is 0 Å². The smallest absolute Gasteiger partial charge is 0.262 e. The van der Waals surface area contributed by atoms with Crippen LogP contribution in [0.15, 0.2) is 82.3 Å². The molecule has 0 spiro atoms. The number of sulfonamides is 1. The van der Waals surface area contributed by atoms with E-state index in [1.54, 1.807) is 42.5 Å². The molecule has 1 heterocycles. The number of hydrogen-bond donors (Lipinski definition) is 2. The number of benzene rings is 2. The number of hydrogen-bond acceptors (Lipinski definition) is 4. The van der Waals surface area contributed by atoms with Crippen molar-refractivity contribution in [1.82, 2.24) is 0 Å². The molecule has 6 nitrogen and oxygen atoms in total. The van der Waals surface area contributed by atoms with Crippen LogP contribution in [0.25, 0.3) is 6.08 Å². The molecule has 8 heteroatoms.